The molecule has 0 bridgehead atoms. The Morgan fingerprint density at radius 1 is 0.902 bits per heavy atom. The van der Waals surface area contributed by atoms with Crippen molar-refractivity contribution in [3.8, 4) is 0 Å². The Labute approximate surface area is 253 Å². The maximum Gasteiger partial charge on any atom is 0.264 e. The van der Waals surface area contributed by atoms with Crippen molar-refractivity contribution in [1.29, 1.82) is 0 Å². The summed E-state index contributed by atoms with van der Waals surface area (Å²) >= 11 is 12.5. The fourth-order valence-corrected chi connectivity index (χ4v) is 6.29. The van der Waals surface area contributed by atoms with E-state index in [9.17, 15) is 18.0 Å². The van der Waals surface area contributed by atoms with E-state index in [4.69, 9.17) is 23.2 Å². The van der Waals surface area contributed by atoms with Gasteiger partial charge in [-0.25, -0.2) is 8.42 Å². The van der Waals surface area contributed by atoms with Gasteiger partial charge < -0.3 is 10.2 Å². The van der Waals surface area contributed by atoms with E-state index in [1.54, 1.807) is 12.1 Å². The molecule has 2 atom stereocenters. The molecular formula is C31H37Cl2N3O4S. The van der Waals surface area contributed by atoms with Gasteiger partial charge >= 0.3 is 0 Å². The topological polar surface area (TPSA) is 86.8 Å². The number of benzene rings is 3. The van der Waals surface area contributed by atoms with Crippen molar-refractivity contribution in [3.63, 3.8) is 0 Å². The van der Waals surface area contributed by atoms with Crippen molar-refractivity contribution in [3.05, 3.63) is 93.5 Å². The number of rotatable bonds is 12. The minimum atomic E-state index is -4.22. The van der Waals surface area contributed by atoms with Gasteiger partial charge in [-0.2, -0.15) is 0 Å². The molecule has 220 valence electrons. The van der Waals surface area contributed by atoms with Gasteiger partial charge in [0.15, 0.2) is 0 Å². The third kappa shape index (κ3) is 8.24. The third-order valence-corrected chi connectivity index (χ3v) is 9.24. The summed E-state index contributed by atoms with van der Waals surface area (Å²) in [5.74, 6) is -0.825. The number of hydrogen-bond acceptors (Lipinski definition) is 4. The number of hydrogen-bond donors (Lipinski definition) is 1. The van der Waals surface area contributed by atoms with Gasteiger partial charge in [0, 0.05) is 22.6 Å². The Morgan fingerprint density at radius 2 is 1.51 bits per heavy atom. The summed E-state index contributed by atoms with van der Waals surface area (Å²) in [6.45, 7) is 9.05. The van der Waals surface area contributed by atoms with Gasteiger partial charge in [-0.3, -0.25) is 13.9 Å². The fraction of sp³-hybridized carbons (Fsp3) is 0.355. The van der Waals surface area contributed by atoms with Gasteiger partial charge in [0.1, 0.15) is 12.6 Å². The molecule has 7 nitrogen and oxygen atoms in total. The highest BCUT2D eigenvalue weighted by molar-refractivity contribution is 7.92. The lowest BCUT2D eigenvalue weighted by Gasteiger charge is -2.34. The monoisotopic (exact) mass is 617 g/mol. The summed E-state index contributed by atoms with van der Waals surface area (Å²) in [6, 6.07) is 17.4. The first-order valence-electron chi connectivity index (χ1n) is 13.6. The minimum Gasteiger partial charge on any atom is -0.352 e. The standard InChI is InChI=1S/C31H37Cl2N3O4S/c1-6-23(5)34-31(38)29(7-2)35(19-24-11-9-8-10-22(24)4)30(37)20-36(27-17-25(32)16-26(33)18-27)41(39,40)28-14-12-21(3)13-15-28/h8-18,23,29H,6-7,19-20H2,1-5H3,(H,34,38)/t23-,29-/m1/s1. The molecule has 0 heterocycles. The van der Waals surface area contributed by atoms with Crippen LogP contribution in [0, 0.1) is 13.8 Å². The van der Waals surface area contributed by atoms with E-state index >= 15 is 0 Å². The lowest BCUT2D eigenvalue weighted by molar-refractivity contribution is -0.140. The highest BCUT2D eigenvalue weighted by atomic mass is 35.5. The number of sulfonamides is 1. The van der Waals surface area contributed by atoms with Crippen LogP contribution in [0.25, 0.3) is 0 Å². The summed E-state index contributed by atoms with van der Waals surface area (Å²) in [4.78, 5) is 29.0. The van der Waals surface area contributed by atoms with E-state index < -0.39 is 28.5 Å². The molecule has 0 unspecified atom stereocenters. The number of anilines is 1. The van der Waals surface area contributed by atoms with E-state index in [0.717, 1.165) is 27.4 Å². The van der Waals surface area contributed by atoms with Gasteiger partial charge in [-0.05, 0) is 75.1 Å². The van der Waals surface area contributed by atoms with Crippen LogP contribution in [-0.2, 0) is 26.2 Å². The summed E-state index contributed by atoms with van der Waals surface area (Å²) in [5.41, 5.74) is 2.84. The molecule has 0 saturated heterocycles. The zero-order valence-electron chi connectivity index (χ0n) is 24.0. The molecule has 0 aromatic heterocycles. The Morgan fingerprint density at radius 3 is 2.07 bits per heavy atom. The van der Waals surface area contributed by atoms with Crippen molar-refractivity contribution in [1.82, 2.24) is 10.2 Å². The first-order valence-corrected chi connectivity index (χ1v) is 15.8. The van der Waals surface area contributed by atoms with Crippen LogP contribution in [0.5, 0.6) is 0 Å². The summed E-state index contributed by atoms with van der Waals surface area (Å²) < 4.78 is 29.0. The van der Waals surface area contributed by atoms with Gasteiger partial charge in [0.25, 0.3) is 10.0 Å². The highest BCUT2D eigenvalue weighted by Gasteiger charge is 2.34. The Bertz CT molecular complexity index is 1460. The molecule has 1 N–H and O–H groups in total. The van der Waals surface area contributed by atoms with Gasteiger partial charge in [0.2, 0.25) is 11.8 Å². The average molecular weight is 619 g/mol. The first kappa shape index (κ1) is 32.4. The second kappa shape index (κ2) is 14.2. The van der Waals surface area contributed by atoms with Gasteiger partial charge in [-0.1, -0.05) is 79.0 Å². The average Bonchev–Trinajstić information content (AvgIpc) is 2.92. The Kier molecular flexibility index (Phi) is 11.2. The van der Waals surface area contributed by atoms with Crippen LogP contribution in [-0.4, -0.2) is 43.8 Å². The molecule has 41 heavy (non-hydrogen) atoms. The molecule has 10 heteroatoms. The van der Waals surface area contributed by atoms with E-state index in [2.05, 4.69) is 5.32 Å². The third-order valence-electron chi connectivity index (χ3n) is 7.01. The molecule has 3 aromatic carbocycles. The van der Waals surface area contributed by atoms with E-state index in [-0.39, 0.29) is 39.1 Å². The van der Waals surface area contributed by atoms with Gasteiger partial charge in [-0.15, -0.1) is 0 Å². The summed E-state index contributed by atoms with van der Waals surface area (Å²) in [5, 5.41) is 3.42. The van der Waals surface area contributed by atoms with Crippen molar-refractivity contribution >= 4 is 50.7 Å². The summed E-state index contributed by atoms with van der Waals surface area (Å²) in [7, 11) is -4.22. The van der Waals surface area contributed by atoms with E-state index in [1.807, 2.05) is 58.9 Å². The van der Waals surface area contributed by atoms with Crippen LogP contribution in [0.4, 0.5) is 5.69 Å². The zero-order valence-corrected chi connectivity index (χ0v) is 26.4. The van der Waals surface area contributed by atoms with Crippen LogP contribution in [0.3, 0.4) is 0 Å². The van der Waals surface area contributed by atoms with Crippen LogP contribution in [0.15, 0.2) is 71.6 Å². The van der Waals surface area contributed by atoms with Crippen LogP contribution >= 0.6 is 23.2 Å². The second-order valence-electron chi connectivity index (χ2n) is 10.1. The molecule has 0 aliphatic rings. The minimum absolute atomic E-state index is 0.0130. The first-order chi connectivity index (χ1) is 19.4. The molecule has 0 aliphatic carbocycles. The van der Waals surface area contributed by atoms with Crippen LogP contribution < -0.4 is 9.62 Å². The maximum absolute atomic E-state index is 14.2. The number of nitrogens with zero attached hydrogens (tertiary/aromatic N) is 2. The van der Waals surface area contributed by atoms with Gasteiger partial charge in [0.05, 0.1) is 10.6 Å². The molecular weight excluding hydrogens is 581 g/mol. The molecule has 0 spiro atoms. The quantitative estimate of drug-likeness (QED) is 0.250. The van der Waals surface area contributed by atoms with Crippen molar-refractivity contribution in [2.45, 2.75) is 71.0 Å². The lowest BCUT2D eigenvalue weighted by atomic mass is 10.1. The highest BCUT2D eigenvalue weighted by Crippen LogP contribution is 2.30. The predicted molar refractivity (Wildman–Crippen MR) is 166 cm³/mol. The normalized spacial score (nSPS) is 12.9. The number of carbonyl (C=O) groups excluding carboxylic acids is 2. The Hall–Kier alpha value is -3.07. The van der Waals surface area contributed by atoms with Crippen LogP contribution in [0.1, 0.15) is 50.3 Å². The van der Waals surface area contributed by atoms with Crippen molar-refractivity contribution in [2.24, 2.45) is 0 Å². The van der Waals surface area contributed by atoms with E-state index in [1.165, 1.54) is 35.2 Å². The fourth-order valence-electron chi connectivity index (χ4n) is 4.38. The largest absolute Gasteiger partial charge is 0.352 e. The van der Waals surface area contributed by atoms with Crippen molar-refractivity contribution < 1.29 is 18.0 Å². The summed E-state index contributed by atoms with van der Waals surface area (Å²) in [6.07, 6.45) is 1.07. The number of aryl methyl sites for hydroxylation is 2. The maximum atomic E-state index is 14.2. The zero-order chi connectivity index (χ0) is 30.3. The molecule has 3 rings (SSSR count). The van der Waals surface area contributed by atoms with Crippen LogP contribution in [0.2, 0.25) is 10.0 Å². The Balaban J connectivity index is 2.10. The predicted octanol–water partition coefficient (Wildman–Crippen LogP) is 6.53. The number of nitrogens with one attached hydrogen (secondary N) is 1. The molecule has 2 amide bonds. The molecule has 0 radical (unpaired) electrons. The molecule has 3 aromatic rings. The molecule has 0 aliphatic heterocycles. The molecule has 0 fully saturated rings. The number of carbonyl (C=O) groups is 2. The molecule has 0 saturated carbocycles. The van der Waals surface area contributed by atoms with Crippen molar-refractivity contribution in [2.75, 3.05) is 10.8 Å². The number of amides is 2. The van der Waals surface area contributed by atoms with E-state index in [0.29, 0.717) is 6.42 Å². The second-order valence-corrected chi connectivity index (χ2v) is 12.9. The smallest absolute Gasteiger partial charge is 0.264 e. The number of halogens is 2. The lowest BCUT2D eigenvalue weighted by Crippen LogP contribution is -2.53. The SMILES string of the molecule is CC[C@@H](C)NC(=O)[C@@H](CC)N(Cc1ccccc1C)C(=O)CN(c1cc(Cl)cc(Cl)c1)S(=O)(=O)c1ccc(C)cc1.